The number of hydrogen-bond donors (Lipinski definition) is 0. The van der Waals surface area contributed by atoms with E-state index in [1.54, 1.807) is 20.3 Å². The third-order valence-corrected chi connectivity index (χ3v) is 2.33. The average molecular weight is 230 g/mol. The lowest BCUT2D eigenvalue weighted by atomic mass is 10.3. The molecule has 17 heavy (non-hydrogen) atoms. The predicted molar refractivity (Wildman–Crippen MR) is 66.1 cm³/mol. The number of hydrogen-bond acceptors (Lipinski definition) is 3. The second-order valence-electron chi connectivity index (χ2n) is 3.43. The van der Waals surface area contributed by atoms with Crippen LogP contribution < -0.4 is 14.2 Å². The van der Waals surface area contributed by atoms with E-state index in [-0.39, 0.29) is 0 Å². The van der Waals surface area contributed by atoms with Crippen molar-refractivity contribution in [2.75, 3.05) is 14.2 Å². The molecule has 2 aromatic rings. The highest BCUT2D eigenvalue weighted by atomic mass is 16.5. The summed E-state index contributed by atoms with van der Waals surface area (Å²) in [7, 11) is 3.21. The maximum absolute atomic E-state index is 5.68. The number of benzene rings is 2. The van der Waals surface area contributed by atoms with Gasteiger partial charge in [-0.15, -0.1) is 0 Å². The van der Waals surface area contributed by atoms with Crippen LogP contribution in [0.2, 0.25) is 0 Å². The van der Waals surface area contributed by atoms with Crippen molar-refractivity contribution in [2.45, 2.75) is 0 Å². The molecule has 0 fully saturated rings. The average Bonchev–Trinajstić information content (AvgIpc) is 2.40. The SMILES string of the molecule is COc1ccc(Oc2ccccc2)cc1OC. The van der Waals surface area contributed by atoms with E-state index in [1.165, 1.54) is 0 Å². The Morgan fingerprint density at radius 1 is 0.706 bits per heavy atom. The molecule has 2 aromatic carbocycles. The second-order valence-corrected chi connectivity index (χ2v) is 3.43. The molecule has 2 rings (SSSR count). The Balaban J connectivity index is 2.22. The molecule has 0 unspecified atom stereocenters. The third kappa shape index (κ3) is 2.69. The van der Waals surface area contributed by atoms with Crippen LogP contribution in [0.3, 0.4) is 0 Å². The Hall–Kier alpha value is -2.16. The van der Waals surface area contributed by atoms with Crippen LogP contribution in [0.25, 0.3) is 0 Å². The first-order chi connectivity index (χ1) is 8.33. The summed E-state index contributed by atoms with van der Waals surface area (Å²) in [6, 6.07) is 15.1. The molecule has 0 saturated carbocycles. The Bertz CT molecular complexity index is 480. The van der Waals surface area contributed by atoms with Crippen molar-refractivity contribution in [3.8, 4) is 23.0 Å². The van der Waals surface area contributed by atoms with Crippen LogP contribution in [0, 0.1) is 0 Å². The molecule has 0 heterocycles. The van der Waals surface area contributed by atoms with Gasteiger partial charge in [0.25, 0.3) is 0 Å². The first-order valence-corrected chi connectivity index (χ1v) is 5.28. The van der Waals surface area contributed by atoms with Crippen molar-refractivity contribution in [1.29, 1.82) is 0 Å². The molecule has 3 nitrogen and oxygen atoms in total. The highest BCUT2D eigenvalue weighted by Crippen LogP contribution is 2.32. The first-order valence-electron chi connectivity index (χ1n) is 5.28. The molecule has 0 amide bonds. The number of methoxy groups -OCH3 is 2. The van der Waals surface area contributed by atoms with E-state index in [4.69, 9.17) is 14.2 Å². The van der Waals surface area contributed by atoms with Crippen LogP contribution in [0.5, 0.6) is 23.0 Å². The largest absolute Gasteiger partial charge is 0.493 e. The molecule has 88 valence electrons. The zero-order valence-electron chi connectivity index (χ0n) is 9.84. The fourth-order valence-electron chi connectivity index (χ4n) is 1.50. The highest BCUT2D eigenvalue weighted by molar-refractivity contribution is 5.46. The fourth-order valence-corrected chi connectivity index (χ4v) is 1.50. The summed E-state index contributed by atoms with van der Waals surface area (Å²) < 4.78 is 16.1. The van der Waals surface area contributed by atoms with Crippen LogP contribution in [0.4, 0.5) is 0 Å². The topological polar surface area (TPSA) is 27.7 Å². The van der Waals surface area contributed by atoms with Crippen molar-refractivity contribution < 1.29 is 14.2 Å². The monoisotopic (exact) mass is 230 g/mol. The van der Waals surface area contributed by atoms with Crippen LogP contribution >= 0.6 is 0 Å². The molecule has 0 radical (unpaired) electrons. The van der Waals surface area contributed by atoms with Crippen LogP contribution in [-0.4, -0.2) is 14.2 Å². The molecule has 0 aromatic heterocycles. The Morgan fingerprint density at radius 2 is 1.41 bits per heavy atom. The van der Waals surface area contributed by atoms with Crippen LogP contribution in [0.15, 0.2) is 48.5 Å². The normalized spacial score (nSPS) is 9.76. The summed E-state index contributed by atoms with van der Waals surface area (Å²) in [6.07, 6.45) is 0. The number of para-hydroxylation sites is 1. The molecular formula is C14H14O3. The summed E-state index contributed by atoms with van der Waals surface area (Å²) >= 11 is 0. The van der Waals surface area contributed by atoms with Gasteiger partial charge in [-0.1, -0.05) is 18.2 Å². The van der Waals surface area contributed by atoms with Crippen molar-refractivity contribution >= 4 is 0 Å². The quantitative estimate of drug-likeness (QED) is 0.804. The summed E-state index contributed by atoms with van der Waals surface area (Å²) in [5, 5.41) is 0. The van der Waals surface area contributed by atoms with Crippen molar-refractivity contribution in [1.82, 2.24) is 0 Å². The maximum atomic E-state index is 5.68. The zero-order valence-corrected chi connectivity index (χ0v) is 9.84. The molecular weight excluding hydrogens is 216 g/mol. The lowest BCUT2D eigenvalue weighted by Crippen LogP contribution is -1.91. The predicted octanol–water partition coefficient (Wildman–Crippen LogP) is 3.50. The molecule has 0 saturated heterocycles. The van der Waals surface area contributed by atoms with Gasteiger partial charge < -0.3 is 14.2 Å². The highest BCUT2D eigenvalue weighted by Gasteiger charge is 2.05. The van der Waals surface area contributed by atoms with E-state index in [0.717, 1.165) is 5.75 Å². The maximum Gasteiger partial charge on any atom is 0.164 e. The smallest absolute Gasteiger partial charge is 0.164 e. The zero-order chi connectivity index (χ0) is 12.1. The van der Waals surface area contributed by atoms with E-state index in [2.05, 4.69) is 0 Å². The van der Waals surface area contributed by atoms with E-state index in [0.29, 0.717) is 17.2 Å². The molecule has 3 heteroatoms. The summed E-state index contributed by atoms with van der Waals surface area (Å²) in [5.74, 6) is 2.85. The standard InChI is InChI=1S/C14H14O3/c1-15-13-9-8-12(10-14(13)16-2)17-11-6-4-3-5-7-11/h3-10H,1-2H3. The Labute approximate surface area is 101 Å². The Kier molecular flexibility index (Phi) is 3.50. The van der Waals surface area contributed by atoms with Gasteiger partial charge in [0.2, 0.25) is 0 Å². The molecule has 0 spiro atoms. The molecule has 0 bridgehead atoms. The minimum atomic E-state index is 0.654. The van der Waals surface area contributed by atoms with Gasteiger partial charge in [0.05, 0.1) is 14.2 Å². The van der Waals surface area contributed by atoms with Gasteiger partial charge in [0, 0.05) is 6.07 Å². The molecule has 0 N–H and O–H groups in total. The second kappa shape index (κ2) is 5.25. The minimum absolute atomic E-state index is 0.654. The van der Waals surface area contributed by atoms with E-state index >= 15 is 0 Å². The van der Waals surface area contributed by atoms with Gasteiger partial charge in [0.1, 0.15) is 11.5 Å². The molecule has 0 atom stereocenters. The number of rotatable bonds is 4. The first kappa shape index (κ1) is 11.3. The van der Waals surface area contributed by atoms with Gasteiger partial charge in [-0.25, -0.2) is 0 Å². The van der Waals surface area contributed by atoms with Gasteiger partial charge in [0.15, 0.2) is 11.5 Å². The van der Waals surface area contributed by atoms with E-state index < -0.39 is 0 Å². The van der Waals surface area contributed by atoms with Gasteiger partial charge >= 0.3 is 0 Å². The fraction of sp³-hybridized carbons (Fsp3) is 0.143. The van der Waals surface area contributed by atoms with E-state index in [9.17, 15) is 0 Å². The molecule has 0 aliphatic heterocycles. The van der Waals surface area contributed by atoms with Crippen molar-refractivity contribution in [2.24, 2.45) is 0 Å². The summed E-state index contributed by atoms with van der Waals surface area (Å²) in [5.41, 5.74) is 0. The lowest BCUT2D eigenvalue weighted by molar-refractivity contribution is 0.352. The lowest BCUT2D eigenvalue weighted by Gasteiger charge is -2.10. The van der Waals surface area contributed by atoms with Gasteiger partial charge in [-0.2, -0.15) is 0 Å². The Morgan fingerprint density at radius 3 is 2.06 bits per heavy atom. The minimum Gasteiger partial charge on any atom is -0.493 e. The van der Waals surface area contributed by atoms with Crippen molar-refractivity contribution in [3.05, 3.63) is 48.5 Å². The molecule has 0 aliphatic rings. The van der Waals surface area contributed by atoms with Crippen molar-refractivity contribution in [3.63, 3.8) is 0 Å². The van der Waals surface area contributed by atoms with Gasteiger partial charge in [-0.05, 0) is 24.3 Å². The third-order valence-electron chi connectivity index (χ3n) is 2.33. The van der Waals surface area contributed by atoms with Gasteiger partial charge in [-0.3, -0.25) is 0 Å². The van der Waals surface area contributed by atoms with Crippen LogP contribution in [0.1, 0.15) is 0 Å². The van der Waals surface area contributed by atoms with E-state index in [1.807, 2.05) is 42.5 Å². The molecule has 0 aliphatic carbocycles. The summed E-state index contributed by atoms with van der Waals surface area (Å²) in [4.78, 5) is 0. The summed E-state index contributed by atoms with van der Waals surface area (Å²) in [6.45, 7) is 0. The number of ether oxygens (including phenoxy) is 3. The van der Waals surface area contributed by atoms with Crippen LogP contribution in [-0.2, 0) is 0 Å².